The van der Waals surface area contributed by atoms with Crippen molar-refractivity contribution in [2.45, 2.75) is 0 Å². The molecule has 0 atom stereocenters. The SMILES string of the molecule is Oc1ccc(/C=N/N=c2scc(-c3ccccc3)n2-c2ccccc2)c(O)c1. The van der Waals surface area contributed by atoms with Crippen molar-refractivity contribution < 1.29 is 10.2 Å². The molecule has 1 heterocycles. The summed E-state index contributed by atoms with van der Waals surface area (Å²) < 4.78 is 2.05. The van der Waals surface area contributed by atoms with Gasteiger partial charge in [0.2, 0.25) is 4.80 Å². The Balaban J connectivity index is 1.80. The van der Waals surface area contributed by atoms with Crippen LogP contribution in [0.1, 0.15) is 5.56 Å². The highest BCUT2D eigenvalue weighted by atomic mass is 32.1. The molecule has 0 bridgehead atoms. The third-order valence-electron chi connectivity index (χ3n) is 4.15. The Bertz CT molecular complexity index is 1180. The van der Waals surface area contributed by atoms with Crippen LogP contribution >= 0.6 is 11.3 Å². The molecule has 6 heteroatoms. The van der Waals surface area contributed by atoms with Crippen molar-refractivity contribution in [3.63, 3.8) is 0 Å². The predicted octanol–water partition coefficient (Wildman–Crippen LogP) is 4.55. The van der Waals surface area contributed by atoms with Gasteiger partial charge in [0.1, 0.15) is 11.5 Å². The van der Waals surface area contributed by atoms with E-state index in [2.05, 4.69) is 27.7 Å². The standard InChI is InChI=1S/C22H17N3O2S/c26-19-12-11-17(21(27)13-19)14-23-24-22-25(18-9-5-2-6-10-18)20(15-28-22)16-7-3-1-4-8-16/h1-15,26-27H/b23-14+,24-22?. The molecule has 4 aromatic rings. The van der Waals surface area contributed by atoms with Gasteiger partial charge < -0.3 is 10.2 Å². The van der Waals surface area contributed by atoms with Gasteiger partial charge in [0, 0.05) is 22.7 Å². The van der Waals surface area contributed by atoms with Gasteiger partial charge in [-0.25, -0.2) is 0 Å². The molecular formula is C22H17N3O2S. The highest BCUT2D eigenvalue weighted by Crippen LogP contribution is 2.23. The van der Waals surface area contributed by atoms with E-state index in [0.717, 1.165) is 16.9 Å². The van der Waals surface area contributed by atoms with E-state index < -0.39 is 0 Å². The summed E-state index contributed by atoms with van der Waals surface area (Å²) in [5, 5.41) is 29.8. The van der Waals surface area contributed by atoms with Crippen LogP contribution < -0.4 is 4.80 Å². The highest BCUT2D eigenvalue weighted by Gasteiger charge is 2.09. The molecule has 2 N–H and O–H groups in total. The molecule has 4 rings (SSSR count). The number of hydrogen-bond acceptors (Lipinski definition) is 5. The fourth-order valence-electron chi connectivity index (χ4n) is 2.80. The summed E-state index contributed by atoms with van der Waals surface area (Å²) in [4.78, 5) is 0.708. The molecule has 0 aliphatic carbocycles. The number of nitrogens with zero attached hydrogens (tertiary/aromatic N) is 3. The Labute approximate surface area is 165 Å². The zero-order valence-electron chi connectivity index (χ0n) is 14.8. The lowest BCUT2D eigenvalue weighted by atomic mass is 10.1. The van der Waals surface area contributed by atoms with Crippen molar-refractivity contribution in [1.29, 1.82) is 0 Å². The molecule has 0 fully saturated rings. The first-order valence-corrected chi connectivity index (χ1v) is 9.51. The smallest absolute Gasteiger partial charge is 0.215 e. The molecule has 0 unspecified atom stereocenters. The number of aromatic hydroxyl groups is 2. The molecular weight excluding hydrogens is 370 g/mol. The second-order valence-corrected chi connectivity index (χ2v) is 6.86. The summed E-state index contributed by atoms with van der Waals surface area (Å²) in [6.07, 6.45) is 1.46. The molecule has 0 saturated carbocycles. The molecule has 0 amide bonds. The molecule has 138 valence electrons. The van der Waals surface area contributed by atoms with E-state index in [1.54, 1.807) is 6.07 Å². The summed E-state index contributed by atoms with van der Waals surface area (Å²) in [6.45, 7) is 0. The molecule has 5 nitrogen and oxygen atoms in total. The van der Waals surface area contributed by atoms with E-state index in [1.807, 2.05) is 53.1 Å². The van der Waals surface area contributed by atoms with Crippen molar-refractivity contribution in [2.24, 2.45) is 10.2 Å². The molecule has 28 heavy (non-hydrogen) atoms. The van der Waals surface area contributed by atoms with Crippen LogP contribution in [0.3, 0.4) is 0 Å². The summed E-state index contributed by atoms with van der Waals surface area (Å²) in [6, 6.07) is 24.4. The lowest BCUT2D eigenvalue weighted by Gasteiger charge is -2.08. The molecule has 0 saturated heterocycles. The van der Waals surface area contributed by atoms with Crippen LogP contribution in [-0.2, 0) is 0 Å². The van der Waals surface area contributed by atoms with Gasteiger partial charge in [-0.2, -0.15) is 5.10 Å². The van der Waals surface area contributed by atoms with Crippen molar-refractivity contribution in [2.75, 3.05) is 0 Å². The predicted molar refractivity (Wildman–Crippen MR) is 112 cm³/mol. The lowest BCUT2D eigenvalue weighted by molar-refractivity contribution is 0.450. The average molecular weight is 387 g/mol. The van der Waals surface area contributed by atoms with Gasteiger partial charge >= 0.3 is 0 Å². The number of phenolic OH excluding ortho intramolecular Hbond substituents is 2. The fourth-order valence-corrected chi connectivity index (χ4v) is 3.66. The Morgan fingerprint density at radius 1 is 0.857 bits per heavy atom. The van der Waals surface area contributed by atoms with Gasteiger partial charge in [-0.1, -0.05) is 48.5 Å². The van der Waals surface area contributed by atoms with E-state index in [4.69, 9.17) is 0 Å². The summed E-state index contributed by atoms with van der Waals surface area (Å²) in [5.41, 5.74) is 3.58. The van der Waals surface area contributed by atoms with Crippen LogP contribution in [0, 0.1) is 0 Å². The number of thiazole rings is 1. The lowest BCUT2D eigenvalue weighted by Crippen LogP contribution is -2.13. The van der Waals surface area contributed by atoms with Gasteiger partial charge in [0.25, 0.3) is 0 Å². The van der Waals surface area contributed by atoms with Crippen LogP contribution in [0.2, 0.25) is 0 Å². The zero-order valence-corrected chi connectivity index (χ0v) is 15.6. The molecule has 0 aliphatic rings. The Morgan fingerprint density at radius 2 is 1.57 bits per heavy atom. The molecule has 0 aliphatic heterocycles. The Morgan fingerprint density at radius 3 is 2.29 bits per heavy atom. The van der Waals surface area contributed by atoms with E-state index in [-0.39, 0.29) is 11.5 Å². The minimum absolute atomic E-state index is 0.000678. The van der Waals surface area contributed by atoms with Gasteiger partial charge in [0.15, 0.2) is 0 Å². The molecule has 1 aromatic heterocycles. The molecule has 0 spiro atoms. The van der Waals surface area contributed by atoms with Crippen LogP contribution in [-0.4, -0.2) is 21.0 Å². The van der Waals surface area contributed by atoms with Gasteiger partial charge in [-0.15, -0.1) is 16.4 Å². The Kier molecular flexibility index (Phi) is 5.03. The third kappa shape index (κ3) is 3.72. The first-order chi connectivity index (χ1) is 13.7. The second kappa shape index (κ2) is 7.94. The number of aromatic nitrogens is 1. The maximum absolute atomic E-state index is 9.88. The quantitative estimate of drug-likeness (QED) is 0.398. The minimum atomic E-state index is -0.0500. The number of hydrogen-bond donors (Lipinski definition) is 2. The average Bonchev–Trinajstić information content (AvgIpc) is 3.15. The first kappa shape index (κ1) is 17.8. The fraction of sp³-hybridized carbons (Fsp3) is 0. The van der Waals surface area contributed by atoms with Crippen LogP contribution in [0.15, 0.2) is 94.4 Å². The third-order valence-corrected chi connectivity index (χ3v) is 4.96. The number of rotatable bonds is 4. The van der Waals surface area contributed by atoms with Crippen molar-refractivity contribution in [3.05, 3.63) is 94.6 Å². The minimum Gasteiger partial charge on any atom is -0.508 e. The van der Waals surface area contributed by atoms with E-state index in [9.17, 15) is 10.2 Å². The normalized spacial score (nSPS) is 11.9. The van der Waals surface area contributed by atoms with Crippen molar-refractivity contribution in [1.82, 2.24) is 4.57 Å². The zero-order chi connectivity index (χ0) is 19.3. The number of para-hydroxylation sites is 1. The van der Waals surface area contributed by atoms with Crippen LogP contribution in [0.5, 0.6) is 11.5 Å². The van der Waals surface area contributed by atoms with E-state index in [1.165, 1.54) is 29.7 Å². The second-order valence-electron chi connectivity index (χ2n) is 6.03. The summed E-state index contributed by atoms with van der Waals surface area (Å²) in [5.74, 6) is -0.0506. The van der Waals surface area contributed by atoms with Gasteiger partial charge in [-0.3, -0.25) is 4.57 Å². The van der Waals surface area contributed by atoms with Crippen LogP contribution in [0.25, 0.3) is 16.9 Å². The number of phenols is 2. The molecule has 3 aromatic carbocycles. The van der Waals surface area contributed by atoms with Gasteiger partial charge in [-0.05, 0) is 29.8 Å². The number of benzene rings is 3. The Hall–Kier alpha value is -3.64. The topological polar surface area (TPSA) is 70.1 Å². The van der Waals surface area contributed by atoms with Crippen molar-refractivity contribution in [3.8, 4) is 28.4 Å². The maximum atomic E-state index is 9.88. The van der Waals surface area contributed by atoms with Crippen LogP contribution in [0.4, 0.5) is 0 Å². The summed E-state index contributed by atoms with van der Waals surface area (Å²) >= 11 is 1.49. The maximum Gasteiger partial charge on any atom is 0.215 e. The largest absolute Gasteiger partial charge is 0.508 e. The van der Waals surface area contributed by atoms with Gasteiger partial charge in [0.05, 0.1) is 11.9 Å². The molecule has 0 radical (unpaired) electrons. The monoisotopic (exact) mass is 387 g/mol. The van der Waals surface area contributed by atoms with E-state index in [0.29, 0.717) is 10.4 Å². The summed E-state index contributed by atoms with van der Waals surface area (Å²) in [7, 11) is 0. The van der Waals surface area contributed by atoms with Crippen molar-refractivity contribution >= 4 is 17.6 Å². The van der Waals surface area contributed by atoms with E-state index >= 15 is 0 Å². The highest BCUT2D eigenvalue weighted by molar-refractivity contribution is 7.07. The first-order valence-electron chi connectivity index (χ1n) is 8.63.